The molecule has 3 aromatic heterocycles. The van der Waals surface area contributed by atoms with Crippen molar-refractivity contribution in [1.82, 2.24) is 30.1 Å². The Bertz CT molecular complexity index is 2730. The first-order valence-electron chi connectivity index (χ1n) is 25.0. The van der Waals surface area contributed by atoms with Crippen LogP contribution in [-0.2, 0) is 23.9 Å². The zero-order chi connectivity index (χ0) is 54.0. The number of amides is 4. The Labute approximate surface area is 439 Å². The maximum atomic E-state index is 12.9. The highest BCUT2D eigenvalue weighted by atomic mass is 16.6. The molecule has 6 aromatic rings. The number of hydrogen-bond acceptors (Lipinski definition) is 12. The summed E-state index contributed by atoms with van der Waals surface area (Å²) in [6.07, 6.45) is 9.08. The average Bonchev–Trinajstić information content (AvgIpc) is 4.18. The topological polar surface area (TPSA) is 231 Å². The maximum absolute atomic E-state index is 12.9. The number of ether oxygens (including phenoxy) is 2. The quantitative estimate of drug-likeness (QED) is 0.0959. The molecule has 4 amide bonds. The molecule has 0 bridgehead atoms. The molecule has 0 unspecified atom stereocenters. The lowest BCUT2D eigenvalue weighted by Gasteiger charge is -2.24. The molecular weight excluding hydrogens is 951 g/mol. The number of carbonyl (C=O) groups excluding carboxylic acids is 4. The summed E-state index contributed by atoms with van der Waals surface area (Å²) in [7, 11) is 0. The third-order valence-corrected chi connectivity index (χ3v) is 12.4. The molecule has 0 spiro atoms. The van der Waals surface area contributed by atoms with Crippen molar-refractivity contribution in [3.8, 4) is 0 Å². The van der Waals surface area contributed by atoms with Crippen LogP contribution >= 0.6 is 0 Å². The second kappa shape index (κ2) is 26.7. The number of rotatable bonds is 8. The van der Waals surface area contributed by atoms with Crippen molar-refractivity contribution in [2.75, 3.05) is 55.6 Å². The number of nitrogens with one attached hydrogen (secondary N) is 3. The van der Waals surface area contributed by atoms with Gasteiger partial charge in [0, 0.05) is 81.8 Å². The highest BCUT2D eigenvalue weighted by molar-refractivity contribution is 5.94. The van der Waals surface area contributed by atoms with Gasteiger partial charge >= 0.3 is 18.2 Å². The van der Waals surface area contributed by atoms with E-state index in [9.17, 15) is 29.1 Å². The molecule has 6 N–H and O–H groups in total. The second-order valence-electron chi connectivity index (χ2n) is 20.4. The van der Waals surface area contributed by atoms with Gasteiger partial charge in [0.2, 0.25) is 11.8 Å². The fourth-order valence-corrected chi connectivity index (χ4v) is 8.87. The van der Waals surface area contributed by atoms with Crippen LogP contribution in [0.15, 0.2) is 165 Å². The summed E-state index contributed by atoms with van der Waals surface area (Å²) in [6.45, 7) is 13.8. The van der Waals surface area contributed by atoms with Gasteiger partial charge in [0.1, 0.15) is 11.2 Å². The summed E-state index contributed by atoms with van der Waals surface area (Å²) in [6, 6.07) is 40.3. The summed E-state index contributed by atoms with van der Waals surface area (Å²) in [5.41, 5.74) is 9.43. The predicted octanol–water partition coefficient (Wildman–Crippen LogP) is 9.08. The van der Waals surface area contributed by atoms with Crippen molar-refractivity contribution >= 4 is 47.0 Å². The van der Waals surface area contributed by atoms with Gasteiger partial charge in [-0.1, -0.05) is 91.0 Å². The molecule has 9 rings (SSSR count). The van der Waals surface area contributed by atoms with E-state index < -0.39 is 29.2 Å². The van der Waals surface area contributed by atoms with Crippen molar-refractivity contribution in [2.45, 2.75) is 70.5 Å². The van der Waals surface area contributed by atoms with E-state index in [1.54, 1.807) is 87.1 Å². The molecule has 6 heterocycles. The van der Waals surface area contributed by atoms with Crippen LogP contribution in [0.1, 0.15) is 76.0 Å². The molecule has 394 valence electrons. The number of anilines is 3. The standard InChI is InChI=1S/C21H25N3O3.C16H17N3O.C16H21NO4.C5H6N2/c1-21(2,3)27-20(26)24-13-17(15-8-5-4-6-9-15)18(14-24)19(25)23-16-10-7-11-22-12-16;20-16(19-13-7-4-8-17-9-13)15-11-18-10-14(15)12-5-2-1-3-6-12;1-16(2,3)21-15(20)17-9-12(13(10-17)14(18)19)11-7-5-4-6-8-11;6-5-2-1-3-7-4-5/h4-12,17-18H,13-14H2,1-3H3,(H,23,25);1-9,14-15,18H,10-11H2,(H,19,20);4-8,12-13H,9-10H2,1-3H3,(H,18,19);1-4H,6H2/t17-,18+;14-,15+;12-,13+;/m000./s1. The number of aliphatic carboxylic acids is 1. The fourth-order valence-electron chi connectivity index (χ4n) is 8.87. The number of nitrogens with two attached hydrogens (primary N) is 1. The molecule has 17 nitrogen and oxygen atoms in total. The van der Waals surface area contributed by atoms with Gasteiger partial charge in [0.25, 0.3) is 0 Å². The Hall–Kier alpha value is -8.18. The molecule has 0 aliphatic carbocycles. The number of aromatic nitrogens is 3. The third kappa shape index (κ3) is 17.5. The van der Waals surface area contributed by atoms with Crippen molar-refractivity contribution in [3.63, 3.8) is 0 Å². The monoisotopic (exact) mass is 1020 g/mol. The predicted molar refractivity (Wildman–Crippen MR) is 289 cm³/mol. The molecule has 6 atom stereocenters. The molecule has 3 aliphatic rings. The number of hydrogen-bond donors (Lipinski definition) is 5. The summed E-state index contributed by atoms with van der Waals surface area (Å²) >= 11 is 0. The SMILES string of the molecule is CC(C)(C)OC(=O)N1C[C@@H](C(=O)Nc2cccnc2)[C@H](c2ccccc2)C1.CC(C)(C)OC(=O)N1C[C@@H](C(=O)O)[C@H](c2ccccc2)C1.Nc1cccnc1.O=C(Nc1cccnc1)[C@@H]1CNC[C@H]1c1ccccc1. The normalized spacial score (nSPS) is 19.8. The van der Waals surface area contributed by atoms with Crippen LogP contribution in [0, 0.1) is 17.8 Å². The first-order valence-corrected chi connectivity index (χ1v) is 25.0. The van der Waals surface area contributed by atoms with Gasteiger partial charge in [-0.05, 0) is 94.6 Å². The van der Waals surface area contributed by atoms with E-state index in [-0.39, 0.29) is 54.0 Å². The van der Waals surface area contributed by atoms with Gasteiger partial charge in [0.05, 0.1) is 47.2 Å². The van der Waals surface area contributed by atoms with Crippen LogP contribution in [0.3, 0.4) is 0 Å². The summed E-state index contributed by atoms with van der Waals surface area (Å²) in [5.74, 6) is -2.01. The first kappa shape index (κ1) is 56.1. The van der Waals surface area contributed by atoms with Gasteiger partial charge < -0.3 is 46.1 Å². The van der Waals surface area contributed by atoms with Crippen LogP contribution in [0.4, 0.5) is 26.7 Å². The van der Waals surface area contributed by atoms with Crippen LogP contribution in [0.25, 0.3) is 0 Å². The Morgan fingerprint density at radius 3 is 1.29 bits per heavy atom. The molecule has 17 heteroatoms. The third-order valence-electron chi connectivity index (χ3n) is 12.4. The summed E-state index contributed by atoms with van der Waals surface area (Å²) in [4.78, 5) is 76.4. The molecule has 3 aliphatic heterocycles. The minimum absolute atomic E-state index is 0.0439. The van der Waals surface area contributed by atoms with Crippen LogP contribution in [0.2, 0.25) is 0 Å². The van der Waals surface area contributed by atoms with Crippen LogP contribution in [0.5, 0.6) is 0 Å². The molecule has 3 saturated heterocycles. The molecule has 3 aromatic carbocycles. The van der Waals surface area contributed by atoms with Crippen molar-refractivity contribution in [3.05, 3.63) is 181 Å². The summed E-state index contributed by atoms with van der Waals surface area (Å²) in [5, 5.41) is 18.6. The van der Waals surface area contributed by atoms with Gasteiger partial charge in [-0.2, -0.15) is 0 Å². The number of benzene rings is 3. The largest absolute Gasteiger partial charge is 0.481 e. The number of carboxylic acid groups (broad SMARTS) is 1. The van der Waals surface area contributed by atoms with Gasteiger partial charge in [-0.25, -0.2) is 9.59 Å². The van der Waals surface area contributed by atoms with E-state index in [0.29, 0.717) is 37.6 Å². The summed E-state index contributed by atoms with van der Waals surface area (Å²) < 4.78 is 10.8. The average molecular weight is 1020 g/mol. The molecular formula is C58H69N9O8. The van der Waals surface area contributed by atoms with Crippen LogP contribution < -0.4 is 21.7 Å². The smallest absolute Gasteiger partial charge is 0.410 e. The second-order valence-corrected chi connectivity index (χ2v) is 20.4. The Balaban J connectivity index is 0.000000173. The number of likely N-dealkylation sites (tertiary alicyclic amines) is 2. The van der Waals surface area contributed by atoms with Crippen LogP contribution in [-0.4, -0.2) is 110 Å². The van der Waals surface area contributed by atoms with Crippen molar-refractivity contribution in [2.24, 2.45) is 17.8 Å². The highest BCUT2D eigenvalue weighted by Gasteiger charge is 2.43. The lowest BCUT2D eigenvalue weighted by Crippen LogP contribution is -2.36. The highest BCUT2D eigenvalue weighted by Crippen LogP contribution is 2.36. The zero-order valence-electron chi connectivity index (χ0n) is 43.4. The minimum Gasteiger partial charge on any atom is -0.481 e. The van der Waals surface area contributed by atoms with E-state index in [0.717, 1.165) is 23.4 Å². The van der Waals surface area contributed by atoms with E-state index >= 15 is 0 Å². The number of pyridine rings is 3. The van der Waals surface area contributed by atoms with Crippen molar-refractivity contribution < 1.29 is 38.6 Å². The number of nitrogens with zero attached hydrogens (tertiary/aromatic N) is 5. The van der Waals surface area contributed by atoms with Gasteiger partial charge in [-0.15, -0.1) is 0 Å². The molecule has 3 fully saturated rings. The number of carboxylic acids is 1. The molecule has 75 heavy (non-hydrogen) atoms. The van der Waals surface area contributed by atoms with E-state index in [2.05, 4.69) is 43.0 Å². The Morgan fingerprint density at radius 2 is 0.920 bits per heavy atom. The maximum Gasteiger partial charge on any atom is 0.410 e. The number of nitrogen functional groups attached to an aromatic ring is 1. The number of carbonyl (C=O) groups is 5. The van der Waals surface area contributed by atoms with E-state index in [1.165, 1.54) is 10.5 Å². The van der Waals surface area contributed by atoms with Crippen molar-refractivity contribution in [1.29, 1.82) is 0 Å². The lowest BCUT2D eigenvalue weighted by molar-refractivity contribution is -0.141. The Kier molecular flexibility index (Phi) is 20.0. The zero-order valence-corrected chi connectivity index (χ0v) is 43.4. The minimum atomic E-state index is -0.880. The van der Waals surface area contributed by atoms with Gasteiger partial charge in [0.15, 0.2) is 0 Å². The molecule has 0 radical (unpaired) electrons. The fraction of sp³-hybridized carbons (Fsp3) is 0.345. The first-order chi connectivity index (χ1) is 35.8. The van der Waals surface area contributed by atoms with E-state index in [4.69, 9.17) is 15.2 Å². The lowest BCUT2D eigenvalue weighted by atomic mass is 9.88. The Morgan fingerprint density at radius 1 is 0.520 bits per heavy atom. The van der Waals surface area contributed by atoms with E-state index in [1.807, 2.05) is 112 Å². The molecule has 0 saturated carbocycles. The van der Waals surface area contributed by atoms with Gasteiger partial charge in [-0.3, -0.25) is 29.3 Å².